The fourth-order valence-corrected chi connectivity index (χ4v) is 4.30. The second-order valence-corrected chi connectivity index (χ2v) is 8.47. The number of amides is 1. The van der Waals surface area contributed by atoms with Crippen LogP contribution < -0.4 is 14.8 Å². The molecule has 6 nitrogen and oxygen atoms in total. The number of nitrogens with one attached hydrogen (secondary N) is 1. The Hall–Kier alpha value is -3.80. The summed E-state index contributed by atoms with van der Waals surface area (Å²) in [4.78, 5) is 24.5. The molecule has 3 aromatic carbocycles. The molecule has 1 aliphatic heterocycles. The lowest BCUT2D eigenvalue weighted by molar-refractivity contribution is -0.118. The van der Waals surface area contributed by atoms with E-state index in [0.717, 1.165) is 46.3 Å². The summed E-state index contributed by atoms with van der Waals surface area (Å²) in [5.74, 6) is 0.400. The number of aryl methyl sites for hydroxylation is 2. The molecule has 0 spiro atoms. The van der Waals surface area contributed by atoms with Crippen molar-refractivity contribution in [2.75, 3.05) is 12.1 Å². The van der Waals surface area contributed by atoms with Gasteiger partial charge in [-0.15, -0.1) is 0 Å². The van der Waals surface area contributed by atoms with Crippen LogP contribution in [0.1, 0.15) is 39.9 Å². The molecule has 32 heavy (non-hydrogen) atoms. The number of hydrogen-bond acceptors (Lipinski definition) is 4. The van der Waals surface area contributed by atoms with Crippen molar-refractivity contribution in [1.29, 1.82) is 0 Å². The van der Waals surface area contributed by atoms with Gasteiger partial charge in [-0.3, -0.25) is 4.79 Å². The molecule has 0 radical (unpaired) electrons. The fraction of sp³-hybridized carbons (Fsp3) is 0.231. The Labute approximate surface area is 185 Å². The van der Waals surface area contributed by atoms with Crippen LogP contribution in [0.4, 0.5) is 5.69 Å². The van der Waals surface area contributed by atoms with Crippen LogP contribution in [0.5, 0.6) is 11.5 Å². The van der Waals surface area contributed by atoms with E-state index in [0.29, 0.717) is 11.5 Å². The van der Waals surface area contributed by atoms with E-state index in [9.17, 15) is 9.59 Å². The van der Waals surface area contributed by atoms with E-state index in [1.807, 2.05) is 44.2 Å². The molecule has 0 unspecified atom stereocenters. The van der Waals surface area contributed by atoms with Crippen molar-refractivity contribution < 1.29 is 24.2 Å². The molecule has 1 saturated carbocycles. The number of ether oxygens (including phenoxy) is 2. The molecule has 1 aliphatic carbocycles. The average Bonchev–Trinajstić information content (AvgIpc) is 3.46. The van der Waals surface area contributed by atoms with Crippen LogP contribution >= 0.6 is 0 Å². The maximum atomic E-state index is 13.4. The van der Waals surface area contributed by atoms with Gasteiger partial charge in [0.1, 0.15) is 0 Å². The number of anilines is 1. The van der Waals surface area contributed by atoms with Crippen molar-refractivity contribution in [2.24, 2.45) is 0 Å². The molecule has 1 fully saturated rings. The lowest BCUT2D eigenvalue weighted by atomic mass is 9.93. The highest BCUT2D eigenvalue weighted by molar-refractivity contribution is 6.02. The minimum absolute atomic E-state index is 0.0320. The highest BCUT2D eigenvalue weighted by Crippen LogP contribution is 2.51. The number of fused-ring (bicyclic) bond motifs is 1. The Kier molecular flexibility index (Phi) is 4.66. The summed E-state index contributed by atoms with van der Waals surface area (Å²) in [7, 11) is 0. The molecule has 0 saturated heterocycles. The number of carbonyl (C=O) groups excluding carboxylic acids is 1. The van der Waals surface area contributed by atoms with Gasteiger partial charge in [0, 0.05) is 5.69 Å². The number of carboxylic acids is 1. The Balaban J connectivity index is 1.43. The second-order valence-electron chi connectivity index (χ2n) is 8.47. The van der Waals surface area contributed by atoms with Crippen LogP contribution in [0.2, 0.25) is 0 Å². The van der Waals surface area contributed by atoms with Crippen molar-refractivity contribution in [2.45, 2.75) is 32.1 Å². The molecule has 2 aliphatic rings. The molecule has 0 bridgehead atoms. The molecular weight excluding hydrogens is 406 g/mol. The molecule has 3 aromatic rings. The first-order chi connectivity index (χ1) is 15.4. The lowest BCUT2D eigenvalue weighted by Crippen LogP contribution is -2.28. The number of hydrogen-bond donors (Lipinski definition) is 2. The van der Waals surface area contributed by atoms with Gasteiger partial charge >= 0.3 is 5.97 Å². The van der Waals surface area contributed by atoms with Crippen LogP contribution in [0.15, 0.2) is 54.6 Å². The largest absolute Gasteiger partial charge is 0.478 e. The van der Waals surface area contributed by atoms with Gasteiger partial charge < -0.3 is 19.9 Å². The van der Waals surface area contributed by atoms with Crippen LogP contribution in [0.3, 0.4) is 0 Å². The summed E-state index contributed by atoms with van der Waals surface area (Å²) in [6.07, 6.45) is 1.57. The molecular formula is C26H23NO5. The third-order valence-electron chi connectivity index (χ3n) is 6.37. The zero-order chi connectivity index (χ0) is 22.5. The maximum Gasteiger partial charge on any atom is 0.335 e. The minimum Gasteiger partial charge on any atom is -0.478 e. The second kappa shape index (κ2) is 7.41. The summed E-state index contributed by atoms with van der Waals surface area (Å²) >= 11 is 0. The van der Waals surface area contributed by atoms with Gasteiger partial charge in [-0.25, -0.2) is 4.79 Å². The first kappa shape index (κ1) is 20.1. The van der Waals surface area contributed by atoms with E-state index in [4.69, 9.17) is 14.6 Å². The third-order valence-corrected chi connectivity index (χ3v) is 6.37. The molecule has 0 atom stereocenters. The average molecular weight is 429 g/mol. The van der Waals surface area contributed by atoms with Crippen molar-refractivity contribution in [3.8, 4) is 22.6 Å². The summed E-state index contributed by atoms with van der Waals surface area (Å²) in [5, 5.41) is 12.3. The van der Waals surface area contributed by atoms with E-state index in [-0.39, 0.29) is 18.3 Å². The number of rotatable bonds is 5. The molecule has 1 amide bonds. The normalized spacial score (nSPS) is 15.3. The predicted octanol–water partition coefficient (Wildman–Crippen LogP) is 5.07. The summed E-state index contributed by atoms with van der Waals surface area (Å²) in [5.41, 5.74) is 5.27. The minimum atomic E-state index is -0.955. The van der Waals surface area contributed by atoms with E-state index in [1.54, 1.807) is 24.3 Å². The standard InChI is InChI=1S/C26H23NO5/c1-15-11-16(2)21(13-20(15)17-3-5-18(6-4-17)24(28)29)27-25(30)26(9-10-26)19-7-8-22-23(12-19)32-14-31-22/h3-8,11-13H,9-10,14H2,1-2H3,(H,27,30)(H,28,29). The van der Waals surface area contributed by atoms with Crippen molar-refractivity contribution >= 4 is 17.6 Å². The van der Waals surface area contributed by atoms with Gasteiger partial charge in [-0.1, -0.05) is 24.3 Å². The van der Waals surface area contributed by atoms with E-state index < -0.39 is 11.4 Å². The molecule has 6 heteroatoms. The molecule has 1 heterocycles. The molecule has 2 N–H and O–H groups in total. The zero-order valence-electron chi connectivity index (χ0n) is 17.9. The number of carbonyl (C=O) groups is 2. The van der Waals surface area contributed by atoms with Crippen LogP contribution in [-0.4, -0.2) is 23.8 Å². The highest BCUT2D eigenvalue weighted by atomic mass is 16.7. The quantitative estimate of drug-likeness (QED) is 0.592. The SMILES string of the molecule is Cc1cc(C)c(-c2ccc(C(=O)O)cc2)cc1NC(=O)C1(c2ccc3c(c2)OCO3)CC1. The lowest BCUT2D eigenvalue weighted by Gasteiger charge is -2.19. The van der Waals surface area contributed by atoms with Crippen LogP contribution in [-0.2, 0) is 10.2 Å². The van der Waals surface area contributed by atoms with Gasteiger partial charge in [0.05, 0.1) is 11.0 Å². The van der Waals surface area contributed by atoms with Crippen LogP contribution in [0, 0.1) is 13.8 Å². The number of benzene rings is 3. The number of carboxylic acid groups (broad SMARTS) is 1. The molecule has 5 rings (SSSR count). The summed E-state index contributed by atoms with van der Waals surface area (Å²) in [6.45, 7) is 4.19. The van der Waals surface area contributed by atoms with E-state index in [2.05, 4.69) is 5.32 Å². The maximum absolute atomic E-state index is 13.4. The Morgan fingerprint density at radius 3 is 2.31 bits per heavy atom. The Morgan fingerprint density at radius 1 is 0.906 bits per heavy atom. The Bertz CT molecular complexity index is 1240. The van der Waals surface area contributed by atoms with Crippen molar-refractivity contribution in [3.63, 3.8) is 0 Å². The van der Waals surface area contributed by atoms with Crippen molar-refractivity contribution in [3.05, 3.63) is 76.9 Å². The topological polar surface area (TPSA) is 84.9 Å². The zero-order valence-corrected chi connectivity index (χ0v) is 17.9. The summed E-state index contributed by atoms with van der Waals surface area (Å²) in [6, 6.07) is 16.5. The first-order valence-corrected chi connectivity index (χ1v) is 10.5. The van der Waals surface area contributed by atoms with Gasteiger partial charge in [0.2, 0.25) is 12.7 Å². The van der Waals surface area contributed by atoms with E-state index >= 15 is 0 Å². The monoisotopic (exact) mass is 429 g/mol. The van der Waals surface area contributed by atoms with Gasteiger partial charge in [-0.05, 0) is 84.8 Å². The number of aromatic carboxylic acids is 1. The Morgan fingerprint density at radius 2 is 1.62 bits per heavy atom. The van der Waals surface area contributed by atoms with Crippen LogP contribution in [0.25, 0.3) is 11.1 Å². The fourth-order valence-electron chi connectivity index (χ4n) is 4.30. The highest BCUT2D eigenvalue weighted by Gasteiger charge is 2.51. The predicted molar refractivity (Wildman–Crippen MR) is 120 cm³/mol. The third kappa shape index (κ3) is 3.38. The van der Waals surface area contributed by atoms with Gasteiger partial charge in [0.25, 0.3) is 0 Å². The molecule has 0 aromatic heterocycles. The molecule has 162 valence electrons. The van der Waals surface area contributed by atoms with E-state index in [1.165, 1.54) is 0 Å². The summed E-state index contributed by atoms with van der Waals surface area (Å²) < 4.78 is 10.9. The first-order valence-electron chi connectivity index (χ1n) is 10.5. The smallest absolute Gasteiger partial charge is 0.335 e. The van der Waals surface area contributed by atoms with Gasteiger partial charge in [0.15, 0.2) is 11.5 Å². The van der Waals surface area contributed by atoms with Gasteiger partial charge in [-0.2, -0.15) is 0 Å². The van der Waals surface area contributed by atoms with Crippen molar-refractivity contribution in [1.82, 2.24) is 0 Å².